The summed E-state index contributed by atoms with van der Waals surface area (Å²) in [6.45, 7) is 0. The van der Waals surface area contributed by atoms with Gasteiger partial charge in [0.2, 0.25) is 0 Å². The molecule has 1 fully saturated rings. The first-order valence-corrected chi connectivity index (χ1v) is 6.93. The standard InChI is InChI=1S/C16H18O4/c1-19-15(17)13-11-7-8-12(14(13)16(18)20-2)10-6-4-3-5-9(10)11/h3-6,11-14H,7-8H2,1-2H3. The Balaban J connectivity index is 2.11. The molecule has 0 saturated heterocycles. The average molecular weight is 274 g/mol. The number of fused-ring (bicyclic) bond motifs is 2. The maximum Gasteiger partial charge on any atom is 0.310 e. The van der Waals surface area contributed by atoms with E-state index in [-0.39, 0.29) is 23.8 Å². The minimum absolute atomic E-state index is 0.0627. The highest BCUT2D eigenvalue weighted by atomic mass is 16.5. The summed E-state index contributed by atoms with van der Waals surface area (Å²) in [5.74, 6) is -1.31. The second kappa shape index (κ2) is 4.93. The number of carbonyl (C=O) groups is 2. The van der Waals surface area contributed by atoms with E-state index in [0.29, 0.717) is 0 Å². The Morgan fingerprint density at radius 1 is 0.900 bits per heavy atom. The average Bonchev–Trinajstić information content (AvgIpc) is 2.53. The first-order valence-electron chi connectivity index (χ1n) is 6.93. The summed E-state index contributed by atoms with van der Waals surface area (Å²) in [7, 11) is 2.76. The summed E-state index contributed by atoms with van der Waals surface area (Å²) in [6.07, 6.45) is 1.85. The molecule has 0 radical (unpaired) electrons. The van der Waals surface area contributed by atoms with Gasteiger partial charge in [0.15, 0.2) is 0 Å². The van der Waals surface area contributed by atoms with E-state index >= 15 is 0 Å². The fraction of sp³-hybridized carbons (Fsp3) is 0.500. The molecule has 4 heteroatoms. The molecular formula is C16H18O4. The molecule has 0 aliphatic heterocycles. The smallest absolute Gasteiger partial charge is 0.310 e. The van der Waals surface area contributed by atoms with Crippen LogP contribution in [-0.2, 0) is 19.1 Å². The molecule has 20 heavy (non-hydrogen) atoms. The van der Waals surface area contributed by atoms with Gasteiger partial charge in [0.05, 0.1) is 26.1 Å². The molecule has 1 aromatic rings. The van der Waals surface area contributed by atoms with Crippen LogP contribution in [0.5, 0.6) is 0 Å². The van der Waals surface area contributed by atoms with Crippen molar-refractivity contribution in [2.75, 3.05) is 14.2 Å². The largest absolute Gasteiger partial charge is 0.469 e. The number of rotatable bonds is 2. The van der Waals surface area contributed by atoms with E-state index in [1.165, 1.54) is 25.3 Å². The van der Waals surface area contributed by atoms with Gasteiger partial charge in [-0.3, -0.25) is 9.59 Å². The first-order chi connectivity index (χ1) is 9.69. The molecule has 0 N–H and O–H groups in total. The maximum atomic E-state index is 12.2. The Kier molecular flexibility index (Phi) is 3.24. The number of hydrogen-bond donors (Lipinski definition) is 0. The summed E-state index contributed by atoms with van der Waals surface area (Å²) >= 11 is 0. The second-order valence-electron chi connectivity index (χ2n) is 5.52. The van der Waals surface area contributed by atoms with Crippen molar-refractivity contribution >= 4 is 11.9 Å². The Morgan fingerprint density at radius 2 is 1.30 bits per heavy atom. The van der Waals surface area contributed by atoms with Gasteiger partial charge >= 0.3 is 11.9 Å². The minimum Gasteiger partial charge on any atom is -0.469 e. The van der Waals surface area contributed by atoms with Gasteiger partial charge in [-0.15, -0.1) is 0 Å². The Bertz CT molecular complexity index is 502. The van der Waals surface area contributed by atoms with Gasteiger partial charge in [-0.25, -0.2) is 0 Å². The molecule has 2 bridgehead atoms. The highest BCUT2D eigenvalue weighted by Gasteiger charge is 2.53. The Morgan fingerprint density at radius 3 is 1.65 bits per heavy atom. The molecular weight excluding hydrogens is 256 g/mol. The predicted molar refractivity (Wildman–Crippen MR) is 72.2 cm³/mol. The van der Waals surface area contributed by atoms with Crippen LogP contribution >= 0.6 is 0 Å². The van der Waals surface area contributed by atoms with Crippen molar-refractivity contribution in [2.45, 2.75) is 24.7 Å². The highest BCUT2D eigenvalue weighted by molar-refractivity contribution is 5.85. The normalized spacial score (nSPS) is 30.5. The number of methoxy groups -OCH3 is 2. The molecule has 0 aromatic heterocycles. The van der Waals surface area contributed by atoms with Crippen molar-refractivity contribution in [1.29, 1.82) is 0 Å². The number of esters is 2. The van der Waals surface area contributed by atoms with Crippen LogP contribution in [0.15, 0.2) is 24.3 Å². The van der Waals surface area contributed by atoms with Gasteiger partial charge in [-0.05, 0) is 35.8 Å². The monoisotopic (exact) mass is 274 g/mol. The Hall–Kier alpha value is -1.84. The molecule has 3 aliphatic carbocycles. The summed E-state index contributed by atoms with van der Waals surface area (Å²) in [5, 5.41) is 0. The molecule has 4 unspecified atom stereocenters. The summed E-state index contributed by atoms with van der Waals surface area (Å²) in [4.78, 5) is 24.3. The zero-order valence-electron chi connectivity index (χ0n) is 11.7. The topological polar surface area (TPSA) is 52.6 Å². The molecule has 106 valence electrons. The minimum atomic E-state index is -0.416. The van der Waals surface area contributed by atoms with Crippen LogP contribution in [0.4, 0.5) is 0 Å². The van der Waals surface area contributed by atoms with Crippen LogP contribution in [0.1, 0.15) is 35.8 Å². The zero-order valence-corrected chi connectivity index (χ0v) is 11.7. The molecule has 1 saturated carbocycles. The predicted octanol–water partition coefficient (Wildman–Crippen LogP) is 2.24. The lowest BCUT2D eigenvalue weighted by atomic mass is 9.56. The van der Waals surface area contributed by atoms with Crippen LogP contribution in [0.2, 0.25) is 0 Å². The molecule has 0 spiro atoms. The van der Waals surface area contributed by atoms with E-state index in [2.05, 4.69) is 12.1 Å². The van der Waals surface area contributed by atoms with E-state index in [9.17, 15) is 9.59 Å². The van der Waals surface area contributed by atoms with Gasteiger partial charge in [0.1, 0.15) is 0 Å². The fourth-order valence-corrected chi connectivity index (χ4v) is 4.00. The summed E-state index contributed by atoms with van der Waals surface area (Å²) in [5.41, 5.74) is 2.39. The van der Waals surface area contributed by atoms with E-state index in [1.807, 2.05) is 12.1 Å². The maximum absolute atomic E-state index is 12.2. The van der Waals surface area contributed by atoms with Crippen molar-refractivity contribution in [3.63, 3.8) is 0 Å². The number of ether oxygens (including phenoxy) is 2. The Labute approximate surface area is 118 Å². The third-order valence-corrected chi connectivity index (χ3v) is 4.78. The van der Waals surface area contributed by atoms with Crippen molar-refractivity contribution in [2.24, 2.45) is 11.8 Å². The highest BCUT2D eigenvalue weighted by Crippen LogP contribution is 2.56. The third kappa shape index (κ3) is 1.74. The van der Waals surface area contributed by atoms with Crippen LogP contribution in [0, 0.1) is 11.8 Å². The van der Waals surface area contributed by atoms with Crippen molar-refractivity contribution in [1.82, 2.24) is 0 Å². The van der Waals surface area contributed by atoms with E-state index in [1.54, 1.807) is 0 Å². The molecule has 3 aliphatic rings. The lowest BCUT2D eigenvalue weighted by Crippen LogP contribution is -2.46. The fourth-order valence-electron chi connectivity index (χ4n) is 4.00. The van der Waals surface area contributed by atoms with Crippen LogP contribution in [-0.4, -0.2) is 26.2 Å². The van der Waals surface area contributed by atoms with Gasteiger partial charge in [-0.1, -0.05) is 24.3 Å². The molecule has 4 rings (SSSR count). The van der Waals surface area contributed by atoms with Gasteiger partial charge < -0.3 is 9.47 Å². The third-order valence-electron chi connectivity index (χ3n) is 4.78. The lowest BCUT2D eigenvalue weighted by molar-refractivity contribution is -0.162. The van der Waals surface area contributed by atoms with E-state index in [0.717, 1.165) is 12.8 Å². The molecule has 4 nitrogen and oxygen atoms in total. The summed E-state index contributed by atoms with van der Waals surface area (Å²) < 4.78 is 9.87. The van der Waals surface area contributed by atoms with Crippen LogP contribution in [0.25, 0.3) is 0 Å². The van der Waals surface area contributed by atoms with Crippen LogP contribution < -0.4 is 0 Å². The molecule has 0 amide bonds. The summed E-state index contributed by atoms with van der Waals surface area (Å²) in [6, 6.07) is 8.10. The molecule has 4 atom stereocenters. The number of benzene rings is 1. The van der Waals surface area contributed by atoms with E-state index < -0.39 is 11.8 Å². The van der Waals surface area contributed by atoms with Gasteiger partial charge in [-0.2, -0.15) is 0 Å². The van der Waals surface area contributed by atoms with E-state index in [4.69, 9.17) is 9.47 Å². The second-order valence-corrected chi connectivity index (χ2v) is 5.52. The number of carbonyl (C=O) groups excluding carboxylic acids is 2. The SMILES string of the molecule is COC(=O)C1C2CCC(c3ccccc32)C1C(=O)OC. The zero-order chi connectivity index (χ0) is 14.3. The van der Waals surface area contributed by atoms with Crippen molar-refractivity contribution in [3.8, 4) is 0 Å². The van der Waals surface area contributed by atoms with Crippen molar-refractivity contribution in [3.05, 3.63) is 35.4 Å². The van der Waals surface area contributed by atoms with Gasteiger partial charge in [0, 0.05) is 0 Å². The molecule has 0 heterocycles. The lowest BCUT2D eigenvalue weighted by Gasteiger charge is -2.46. The van der Waals surface area contributed by atoms with Crippen molar-refractivity contribution < 1.29 is 19.1 Å². The number of hydrogen-bond acceptors (Lipinski definition) is 4. The van der Waals surface area contributed by atoms with Crippen LogP contribution in [0.3, 0.4) is 0 Å². The van der Waals surface area contributed by atoms with Gasteiger partial charge in [0.25, 0.3) is 0 Å². The molecule has 1 aromatic carbocycles. The first kappa shape index (κ1) is 13.2. The quantitative estimate of drug-likeness (QED) is 0.776.